The fraction of sp³-hybridized carbons (Fsp3) is 0.485. The normalized spacial score (nSPS) is 13.5. The van der Waals surface area contributed by atoms with Gasteiger partial charge in [0.1, 0.15) is 18.0 Å². The van der Waals surface area contributed by atoms with Gasteiger partial charge in [-0.1, -0.05) is 16.8 Å². The third-order valence-corrected chi connectivity index (χ3v) is 8.94. The lowest BCUT2D eigenvalue weighted by Gasteiger charge is -2.38. The van der Waals surface area contributed by atoms with Crippen LogP contribution in [-0.4, -0.2) is 84.4 Å². The van der Waals surface area contributed by atoms with Crippen molar-refractivity contribution in [2.24, 2.45) is 7.05 Å². The number of benzene rings is 1. The average Bonchev–Trinajstić information content (AvgIpc) is 3.75. The third-order valence-electron chi connectivity index (χ3n) is 7.69. The van der Waals surface area contributed by atoms with Crippen molar-refractivity contribution in [2.45, 2.75) is 59.5 Å². The number of hydrogen-bond donors (Lipinski definition) is 0. The van der Waals surface area contributed by atoms with Gasteiger partial charge < -0.3 is 33.1 Å². The first-order chi connectivity index (χ1) is 21.5. The summed E-state index contributed by atoms with van der Waals surface area (Å²) in [4.78, 5) is 27.4. The predicted octanol–water partition coefficient (Wildman–Crippen LogP) is 6.75. The molecule has 0 atom stereocenters. The second-order valence-electron chi connectivity index (χ2n) is 11.0. The van der Waals surface area contributed by atoms with E-state index < -0.39 is 0 Å². The van der Waals surface area contributed by atoms with E-state index in [2.05, 4.69) is 41.5 Å². The number of fused-ring (bicyclic) bond motifs is 1. The van der Waals surface area contributed by atoms with Gasteiger partial charge in [-0.25, -0.2) is 0 Å². The molecule has 1 aliphatic rings. The summed E-state index contributed by atoms with van der Waals surface area (Å²) in [7, 11) is 5.40. The van der Waals surface area contributed by atoms with Gasteiger partial charge in [0.05, 0.1) is 41.3 Å². The van der Waals surface area contributed by atoms with Crippen LogP contribution in [0.4, 0.5) is 0 Å². The molecule has 0 N–H and O–H groups in total. The second-order valence-corrected chi connectivity index (χ2v) is 12.7. The van der Waals surface area contributed by atoms with Crippen molar-refractivity contribution < 1.29 is 28.3 Å². The Morgan fingerprint density at radius 1 is 1.13 bits per heavy atom. The molecule has 1 amide bonds. The number of ether oxygens (including phenoxy) is 3. The minimum absolute atomic E-state index is 0.0731. The van der Waals surface area contributed by atoms with E-state index in [9.17, 15) is 9.59 Å². The predicted molar refractivity (Wildman–Crippen MR) is 179 cm³/mol. The van der Waals surface area contributed by atoms with Gasteiger partial charge in [0, 0.05) is 49.4 Å². The van der Waals surface area contributed by atoms with Crippen LogP contribution in [0.5, 0.6) is 11.5 Å². The molecule has 0 radical (unpaired) electrons. The van der Waals surface area contributed by atoms with Crippen molar-refractivity contribution in [3.8, 4) is 22.1 Å². The number of esters is 1. The van der Waals surface area contributed by atoms with E-state index in [4.69, 9.17) is 30.3 Å². The molecule has 0 spiro atoms. The van der Waals surface area contributed by atoms with Gasteiger partial charge in [-0.05, 0) is 77.8 Å². The highest BCUT2D eigenvalue weighted by Crippen LogP contribution is 2.35. The largest absolute Gasteiger partial charge is 0.496 e. The topological polar surface area (TPSA) is 99.3 Å². The van der Waals surface area contributed by atoms with E-state index in [1.165, 1.54) is 17.0 Å². The van der Waals surface area contributed by atoms with E-state index in [1.54, 1.807) is 26.0 Å². The molecule has 3 aromatic heterocycles. The first-order valence-corrected chi connectivity index (χ1v) is 16.2. The Bertz CT molecular complexity index is 1480. The van der Waals surface area contributed by atoms with Crippen molar-refractivity contribution >= 4 is 46.2 Å². The number of rotatable bonds is 9. The molecular weight excluding hydrogens is 616 g/mol. The molecule has 4 aromatic rings. The number of aryl methyl sites for hydroxylation is 3. The van der Waals surface area contributed by atoms with Gasteiger partial charge in [0.15, 0.2) is 5.76 Å². The molecule has 0 unspecified atom stereocenters. The van der Waals surface area contributed by atoms with Crippen molar-refractivity contribution in [3.63, 3.8) is 0 Å². The monoisotopic (exact) mass is 660 g/mol. The summed E-state index contributed by atoms with van der Waals surface area (Å²) in [5.74, 6) is 2.22. The van der Waals surface area contributed by atoms with E-state index in [0.29, 0.717) is 12.6 Å². The Morgan fingerprint density at radius 2 is 1.80 bits per heavy atom. The lowest BCUT2D eigenvalue weighted by atomic mass is 10.0. The molecule has 1 saturated heterocycles. The molecule has 45 heavy (non-hydrogen) atoms. The number of carbonyl (C=O) groups is 2. The van der Waals surface area contributed by atoms with Crippen LogP contribution in [0.2, 0.25) is 4.34 Å². The second kappa shape index (κ2) is 17.2. The number of methoxy groups -OCH3 is 2. The standard InChI is InChI=1S/C13H24N2O3.C12H15NO2.C8H6ClNOS/c1-4-18-13(17)9-15(10-16)12-5-7-14(8-6-12)11(2)3;1-8-7-9-10(14-3)5-6-11(15-4)12(9)13(8)2;1-5-4-6(11-10-5)7-2-3-8(9)12-7/h10-12H,4-9H2,1-3H3;5-7H,1-4H3;2-4H,1H3. The number of hydrogen-bond acceptors (Lipinski definition) is 9. The molecule has 0 bridgehead atoms. The Morgan fingerprint density at radius 3 is 2.31 bits per heavy atom. The van der Waals surface area contributed by atoms with Gasteiger partial charge >= 0.3 is 5.97 Å². The molecule has 4 heterocycles. The van der Waals surface area contributed by atoms with Crippen LogP contribution >= 0.6 is 22.9 Å². The molecule has 1 aliphatic heterocycles. The minimum atomic E-state index is -0.323. The van der Waals surface area contributed by atoms with Crippen molar-refractivity contribution in [2.75, 3.05) is 40.5 Å². The maximum atomic E-state index is 11.4. The van der Waals surface area contributed by atoms with Gasteiger partial charge in [-0.2, -0.15) is 0 Å². The summed E-state index contributed by atoms with van der Waals surface area (Å²) in [6.07, 6.45) is 2.62. The first kappa shape index (κ1) is 35.9. The van der Waals surface area contributed by atoms with Crippen LogP contribution in [-0.2, 0) is 21.4 Å². The van der Waals surface area contributed by atoms with E-state index in [1.807, 2.05) is 44.3 Å². The quantitative estimate of drug-likeness (QED) is 0.144. The Labute approximate surface area is 274 Å². The summed E-state index contributed by atoms with van der Waals surface area (Å²) in [6, 6.07) is 12.3. The number of piperidine rings is 1. The van der Waals surface area contributed by atoms with E-state index in [-0.39, 0.29) is 18.6 Å². The van der Waals surface area contributed by atoms with Gasteiger partial charge in [-0.3, -0.25) is 9.59 Å². The maximum absolute atomic E-state index is 11.4. The molecule has 0 saturated carbocycles. The van der Waals surface area contributed by atoms with Gasteiger partial charge in [0.25, 0.3) is 0 Å². The summed E-state index contributed by atoms with van der Waals surface area (Å²) < 4.78 is 23.5. The zero-order chi connectivity index (χ0) is 33.1. The summed E-state index contributed by atoms with van der Waals surface area (Å²) in [6.45, 7) is 12.5. The highest BCUT2D eigenvalue weighted by molar-refractivity contribution is 7.19. The smallest absolute Gasteiger partial charge is 0.325 e. The molecule has 12 heteroatoms. The highest BCUT2D eigenvalue weighted by atomic mass is 35.5. The average molecular weight is 661 g/mol. The summed E-state index contributed by atoms with van der Waals surface area (Å²) in [5, 5.41) is 4.89. The highest BCUT2D eigenvalue weighted by Gasteiger charge is 2.26. The van der Waals surface area contributed by atoms with Crippen LogP contribution in [0.15, 0.2) is 40.9 Å². The molecule has 246 valence electrons. The van der Waals surface area contributed by atoms with E-state index in [0.717, 1.165) is 75.4 Å². The number of likely N-dealkylation sites (tertiary alicyclic amines) is 1. The minimum Gasteiger partial charge on any atom is -0.496 e. The van der Waals surface area contributed by atoms with Gasteiger partial charge in [-0.15, -0.1) is 11.3 Å². The number of carbonyl (C=O) groups excluding carboxylic acids is 2. The Kier molecular flexibility index (Phi) is 13.8. The number of halogens is 1. The van der Waals surface area contributed by atoms with Crippen molar-refractivity contribution in [1.29, 1.82) is 0 Å². The van der Waals surface area contributed by atoms with Crippen molar-refractivity contribution in [1.82, 2.24) is 19.5 Å². The summed E-state index contributed by atoms with van der Waals surface area (Å²) in [5.41, 5.74) is 3.15. The molecular formula is C33H45ClN4O6S. The number of amides is 1. The van der Waals surface area contributed by atoms with Crippen LogP contribution in [0.1, 0.15) is 45.0 Å². The van der Waals surface area contributed by atoms with E-state index >= 15 is 0 Å². The SMILES string of the molecule is CCOC(=O)CN(C=O)C1CCN(C(C)C)CC1.COc1ccc(OC)c2c1cc(C)n2C.Cc1cc(-c2ccc(Cl)s2)on1. The number of aromatic nitrogens is 2. The molecule has 0 aliphatic carbocycles. The molecule has 5 rings (SSSR count). The molecule has 10 nitrogen and oxygen atoms in total. The third kappa shape index (κ3) is 9.72. The zero-order valence-corrected chi connectivity index (χ0v) is 29.0. The zero-order valence-electron chi connectivity index (χ0n) is 27.5. The molecule has 1 fully saturated rings. The lowest BCUT2D eigenvalue weighted by molar-refractivity contribution is -0.147. The summed E-state index contributed by atoms with van der Waals surface area (Å²) >= 11 is 7.26. The maximum Gasteiger partial charge on any atom is 0.325 e. The fourth-order valence-electron chi connectivity index (χ4n) is 5.15. The lowest BCUT2D eigenvalue weighted by Crippen LogP contribution is -2.47. The molecule has 1 aromatic carbocycles. The van der Waals surface area contributed by atoms with Crippen LogP contribution in [0, 0.1) is 13.8 Å². The fourth-order valence-corrected chi connectivity index (χ4v) is 6.14. The van der Waals surface area contributed by atoms with Crippen LogP contribution in [0.3, 0.4) is 0 Å². The number of nitrogens with zero attached hydrogens (tertiary/aromatic N) is 4. The van der Waals surface area contributed by atoms with Gasteiger partial charge in [0.2, 0.25) is 6.41 Å². The Balaban J connectivity index is 0.000000187. The number of thiophene rings is 1. The first-order valence-electron chi connectivity index (χ1n) is 15.0. The van der Waals surface area contributed by atoms with Crippen LogP contribution in [0.25, 0.3) is 21.5 Å². The Hall–Kier alpha value is -3.54. The van der Waals surface area contributed by atoms with Crippen molar-refractivity contribution in [3.05, 3.63) is 52.1 Å². The van der Waals surface area contributed by atoms with Crippen LogP contribution < -0.4 is 9.47 Å².